The van der Waals surface area contributed by atoms with Gasteiger partial charge in [-0.05, 0) is 18.9 Å². The second-order valence-electron chi connectivity index (χ2n) is 7.24. The van der Waals surface area contributed by atoms with Gasteiger partial charge in [0.1, 0.15) is 5.69 Å². The van der Waals surface area contributed by atoms with Gasteiger partial charge >= 0.3 is 0 Å². The van der Waals surface area contributed by atoms with Crippen LogP contribution in [0.2, 0.25) is 0 Å². The van der Waals surface area contributed by atoms with Gasteiger partial charge in [0.25, 0.3) is 5.69 Å². The smallest absolute Gasteiger partial charge is 0.292 e. The summed E-state index contributed by atoms with van der Waals surface area (Å²) in [6.45, 7) is 1.56. The van der Waals surface area contributed by atoms with Crippen molar-refractivity contribution in [1.82, 2.24) is 15.5 Å². The minimum absolute atomic E-state index is 0. The monoisotopic (exact) mass is 518 g/mol. The van der Waals surface area contributed by atoms with E-state index in [0.717, 1.165) is 25.7 Å². The maximum absolute atomic E-state index is 12.6. The number of hydrogen-bond donors (Lipinski definition) is 3. The first-order valence-corrected chi connectivity index (χ1v) is 9.53. The number of nitrogens with zero attached hydrogens (tertiary/aromatic N) is 3. The molecule has 29 heavy (non-hydrogen) atoms. The highest BCUT2D eigenvalue weighted by Crippen LogP contribution is 2.38. The molecule has 3 N–H and O–H groups in total. The van der Waals surface area contributed by atoms with Gasteiger partial charge in [0.05, 0.1) is 10.3 Å². The number of aliphatic imine (C=N–C) groups is 1. The molecule has 0 unspecified atom stereocenters. The lowest BCUT2D eigenvalue weighted by Crippen LogP contribution is -2.49. The molecule has 1 aromatic rings. The summed E-state index contributed by atoms with van der Waals surface area (Å²) in [5.74, 6) is 0.771. The van der Waals surface area contributed by atoms with E-state index in [1.807, 2.05) is 0 Å². The van der Waals surface area contributed by atoms with Crippen LogP contribution in [-0.2, 0) is 4.79 Å². The van der Waals surface area contributed by atoms with Crippen LogP contribution in [0.1, 0.15) is 25.7 Å². The molecule has 9 nitrogen and oxygen atoms in total. The van der Waals surface area contributed by atoms with E-state index in [4.69, 9.17) is 0 Å². The van der Waals surface area contributed by atoms with Crippen LogP contribution >= 0.6 is 24.0 Å². The summed E-state index contributed by atoms with van der Waals surface area (Å²) < 4.78 is 0. The maximum Gasteiger partial charge on any atom is 0.292 e. The van der Waals surface area contributed by atoms with Gasteiger partial charge in [0.15, 0.2) is 5.96 Å². The number of halogens is 1. The summed E-state index contributed by atoms with van der Waals surface area (Å²) in [6.07, 6.45) is 3.89. The highest BCUT2D eigenvalue weighted by Gasteiger charge is 2.42. The minimum atomic E-state index is -0.404. The summed E-state index contributed by atoms with van der Waals surface area (Å²) in [5.41, 5.74) is 0.165. The largest absolute Gasteiger partial charge is 0.378 e. The van der Waals surface area contributed by atoms with Gasteiger partial charge in [-0.25, -0.2) is 0 Å². The van der Waals surface area contributed by atoms with Crippen molar-refractivity contribution >= 4 is 47.2 Å². The number of anilines is 1. The Morgan fingerprint density at radius 1 is 1.21 bits per heavy atom. The van der Waals surface area contributed by atoms with Crippen LogP contribution in [0.4, 0.5) is 11.4 Å². The van der Waals surface area contributed by atoms with Crippen LogP contribution in [0.15, 0.2) is 29.3 Å². The number of rotatable bonds is 8. The Morgan fingerprint density at radius 3 is 2.45 bits per heavy atom. The van der Waals surface area contributed by atoms with Crippen molar-refractivity contribution in [3.8, 4) is 0 Å². The number of benzene rings is 1. The number of carbonyl (C=O) groups is 1. The molecule has 162 valence electrons. The molecule has 0 aromatic heterocycles. The van der Waals surface area contributed by atoms with Crippen LogP contribution in [0.5, 0.6) is 0 Å². The molecule has 1 amide bonds. The van der Waals surface area contributed by atoms with Gasteiger partial charge in [0, 0.05) is 46.8 Å². The molecular weight excluding hydrogens is 487 g/mol. The highest BCUT2D eigenvalue weighted by atomic mass is 127. The normalized spacial score (nSPS) is 15.2. The van der Waals surface area contributed by atoms with Crippen LogP contribution in [-0.4, -0.2) is 62.5 Å². The van der Waals surface area contributed by atoms with Crippen molar-refractivity contribution in [3.05, 3.63) is 34.4 Å². The third-order valence-electron chi connectivity index (χ3n) is 5.07. The fourth-order valence-corrected chi connectivity index (χ4v) is 3.63. The third kappa shape index (κ3) is 6.72. The topological polar surface area (TPSA) is 112 Å². The Balaban J connectivity index is 0.00000420. The number of guanidine groups is 1. The number of amides is 1. The summed E-state index contributed by atoms with van der Waals surface area (Å²) in [4.78, 5) is 29.1. The predicted octanol–water partition coefficient (Wildman–Crippen LogP) is 2.44. The molecule has 0 aliphatic heterocycles. The Kier molecular flexibility index (Phi) is 10.1. The molecule has 10 heteroatoms. The summed E-state index contributed by atoms with van der Waals surface area (Å²) in [5, 5.41) is 20.6. The zero-order valence-electron chi connectivity index (χ0n) is 17.2. The molecule has 1 fully saturated rings. The number of para-hydroxylation sites is 2. The van der Waals surface area contributed by atoms with E-state index >= 15 is 0 Å². The fraction of sp³-hybridized carbons (Fsp3) is 0.579. The molecule has 0 saturated heterocycles. The van der Waals surface area contributed by atoms with Gasteiger partial charge in [-0.2, -0.15) is 0 Å². The number of nitrogens with one attached hydrogen (secondary N) is 3. The van der Waals surface area contributed by atoms with Crippen molar-refractivity contribution in [2.24, 2.45) is 10.4 Å². The van der Waals surface area contributed by atoms with E-state index in [9.17, 15) is 14.9 Å². The van der Waals surface area contributed by atoms with Crippen molar-refractivity contribution in [3.63, 3.8) is 0 Å². The second kappa shape index (κ2) is 11.8. The lowest BCUT2D eigenvalue weighted by molar-refractivity contribution is -0.384. The fourth-order valence-electron chi connectivity index (χ4n) is 3.63. The lowest BCUT2D eigenvalue weighted by atomic mass is 9.84. The Hall–Kier alpha value is -2.11. The second-order valence-corrected chi connectivity index (χ2v) is 7.24. The van der Waals surface area contributed by atoms with Crippen molar-refractivity contribution in [2.75, 3.05) is 46.1 Å². The lowest BCUT2D eigenvalue weighted by Gasteiger charge is -2.31. The van der Waals surface area contributed by atoms with E-state index in [2.05, 4.69) is 20.9 Å². The average molecular weight is 518 g/mol. The van der Waals surface area contributed by atoms with Gasteiger partial charge in [-0.15, -0.1) is 24.0 Å². The molecule has 0 radical (unpaired) electrons. The van der Waals surface area contributed by atoms with Crippen LogP contribution in [0.3, 0.4) is 0 Å². The first kappa shape index (κ1) is 24.9. The van der Waals surface area contributed by atoms with Gasteiger partial charge in [-0.3, -0.25) is 19.9 Å². The molecule has 1 aliphatic carbocycles. The van der Waals surface area contributed by atoms with Crippen LogP contribution < -0.4 is 16.0 Å². The maximum atomic E-state index is 12.6. The molecule has 0 atom stereocenters. The molecule has 0 heterocycles. The summed E-state index contributed by atoms with van der Waals surface area (Å²) in [7, 11) is 5.27. The van der Waals surface area contributed by atoms with Gasteiger partial charge in [-0.1, -0.05) is 25.0 Å². The highest BCUT2D eigenvalue weighted by molar-refractivity contribution is 14.0. The van der Waals surface area contributed by atoms with Crippen LogP contribution in [0, 0.1) is 15.5 Å². The molecular formula is C19H31IN6O3. The molecule has 1 aromatic carbocycles. The Labute approximate surface area is 188 Å². The quantitative estimate of drug-likeness (QED) is 0.122. The van der Waals surface area contributed by atoms with Crippen molar-refractivity contribution in [1.29, 1.82) is 0 Å². The van der Waals surface area contributed by atoms with Crippen molar-refractivity contribution < 1.29 is 9.72 Å². The molecule has 0 spiro atoms. The molecule has 0 bridgehead atoms. The molecule has 1 aliphatic rings. The third-order valence-corrected chi connectivity index (χ3v) is 5.07. The molecule has 2 rings (SSSR count). The van der Waals surface area contributed by atoms with Gasteiger partial charge in [0.2, 0.25) is 5.91 Å². The molecule has 1 saturated carbocycles. The van der Waals surface area contributed by atoms with Gasteiger partial charge < -0.3 is 20.9 Å². The number of nitro benzene ring substituents is 1. The minimum Gasteiger partial charge on any atom is -0.378 e. The van der Waals surface area contributed by atoms with E-state index in [0.29, 0.717) is 31.3 Å². The standard InChI is InChI=1S/C19H30N6O3.HI/c1-20-18(23-14-19(10-6-7-11-19)17(26)24(2)3)22-13-12-21-15-8-4-5-9-16(15)25(27)28;/h4-5,8-9,21H,6-7,10-14H2,1-3H3,(H2,20,22,23);1H. The first-order valence-electron chi connectivity index (χ1n) is 9.53. The first-order chi connectivity index (χ1) is 13.4. The summed E-state index contributed by atoms with van der Waals surface area (Å²) >= 11 is 0. The number of hydrogen-bond acceptors (Lipinski definition) is 5. The Morgan fingerprint density at radius 2 is 1.86 bits per heavy atom. The van der Waals surface area contributed by atoms with E-state index < -0.39 is 4.92 Å². The Bertz CT molecular complexity index is 720. The predicted molar refractivity (Wildman–Crippen MR) is 126 cm³/mol. The van der Waals surface area contributed by atoms with Crippen molar-refractivity contribution in [2.45, 2.75) is 25.7 Å². The SMILES string of the molecule is CN=C(NCCNc1ccccc1[N+](=O)[O-])NCC1(C(=O)N(C)C)CCCC1.I. The van der Waals surface area contributed by atoms with E-state index in [-0.39, 0.29) is 41.0 Å². The summed E-state index contributed by atoms with van der Waals surface area (Å²) in [6, 6.07) is 6.55. The number of carbonyl (C=O) groups excluding carboxylic acids is 1. The van der Waals surface area contributed by atoms with Crippen LogP contribution in [0.25, 0.3) is 0 Å². The zero-order chi connectivity index (χ0) is 20.6. The zero-order valence-corrected chi connectivity index (χ0v) is 19.6. The van der Waals surface area contributed by atoms with E-state index in [1.54, 1.807) is 44.2 Å². The van der Waals surface area contributed by atoms with E-state index in [1.165, 1.54) is 6.07 Å². The number of nitro groups is 1. The average Bonchev–Trinajstić information content (AvgIpc) is 3.17.